The number of hydrogen-bond donors (Lipinski definition) is 0. The van der Waals surface area contributed by atoms with E-state index >= 15 is 0 Å². The van der Waals surface area contributed by atoms with Crippen molar-refractivity contribution >= 4 is 17.6 Å². The average molecular weight is 429 g/mol. The molecule has 0 saturated carbocycles. The first kappa shape index (κ1) is 21.1. The van der Waals surface area contributed by atoms with Gasteiger partial charge in [-0.15, -0.1) is 5.10 Å². The maximum atomic E-state index is 13.8. The average Bonchev–Trinajstić information content (AvgIpc) is 2.74. The van der Waals surface area contributed by atoms with E-state index in [0.717, 1.165) is 25.0 Å². The zero-order valence-corrected chi connectivity index (χ0v) is 17.6. The number of carbonyl (C=O) groups is 2. The third kappa shape index (κ3) is 3.62. The highest BCUT2D eigenvalue weighted by atomic mass is 19.2. The molecule has 164 valence electrons. The molecule has 7 nitrogen and oxygen atoms in total. The number of piperazine rings is 1. The van der Waals surface area contributed by atoms with Crippen LogP contribution in [-0.2, 0) is 16.1 Å². The minimum Gasteiger partial charge on any atom is -0.349 e. The number of aromatic nitrogens is 2. The Morgan fingerprint density at radius 2 is 1.84 bits per heavy atom. The normalized spacial score (nSPS) is 18.2. The van der Waals surface area contributed by atoms with Gasteiger partial charge in [0.1, 0.15) is 6.54 Å². The standard InChI is InChI=1S/C22H25F2N5O2/c1-3-16(4-2)28-12-20(30)29(11-15-7-8-17(23)18(24)10-15)22(21(28)31)13-27(14-22)19-6-5-9-25-26-19/h5-10,16H,3-4,11-14H2,1-2H3. The van der Waals surface area contributed by atoms with Crippen molar-refractivity contribution in [3.63, 3.8) is 0 Å². The van der Waals surface area contributed by atoms with Gasteiger partial charge in [0.05, 0.1) is 13.1 Å². The van der Waals surface area contributed by atoms with Crippen molar-refractivity contribution < 1.29 is 18.4 Å². The summed E-state index contributed by atoms with van der Waals surface area (Å²) in [6.07, 6.45) is 3.07. The molecule has 2 aromatic rings. The lowest BCUT2D eigenvalue weighted by Gasteiger charge is -2.59. The van der Waals surface area contributed by atoms with Gasteiger partial charge in [-0.05, 0) is 42.7 Å². The number of hydrogen-bond acceptors (Lipinski definition) is 5. The van der Waals surface area contributed by atoms with Crippen molar-refractivity contribution in [2.75, 3.05) is 24.5 Å². The molecule has 0 bridgehead atoms. The highest BCUT2D eigenvalue weighted by molar-refractivity contribution is 6.00. The Labute approximate surface area is 179 Å². The Balaban J connectivity index is 1.66. The van der Waals surface area contributed by atoms with Crippen LogP contribution >= 0.6 is 0 Å². The van der Waals surface area contributed by atoms with E-state index in [1.54, 1.807) is 23.2 Å². The predicted octanol–water partition coefficient (Wildman–Crippen LogP) is 2.37. The fraction of sp³-hybridized carbons (Fsp3) is 0.455. The molecule has 2 amide bonds. The van der Waals surface area contributed by atoms with Crippen LogP contribution in [0.5, 0.6) is 0 Å². The number of anilines is 1. The van der Waals surface area contributed by atoms with Crippen LogP contribution in [-0.4, -0.2) is 63.0 Å². The molecule has 1 aromatic carbocycles. The summed E-state index contributed by atoms with van der Waals surface area (Å²) in [5, 5.41) is 7.98. The summed E-state index contributed by atoms with van der Waals surface area (Å²) >= 11 is 0. The molecule has 0 N–H and O–H groups in total. The van der Waals surface area contributed by atoms with E-state index in [-0.39, 0.29) is 44.0 Å². The molecule has 0 aliphatic carbocycles. The van der Waals surface area contributed by atoms with Crippen LogP contribution in [0.1, 0.15) is 32.3 Å². The first-order valence-electron chi connectivity index (χ1n) is 10.5. The van der Waals surface area contributed by atoms with E-state index in [0.29, 0.717) is 11.4 Å². The molecule has 2 aliphatic rings. The summed E-state index contributed by atoms with van der Waals surface area (Å²) in [5.74, 6) is -1.60. The quantitative estimate of drug-likeness (QED) is 0.705. The van der Waals surface area contributed by atoms with Gasteiger partial charge >= 0.3 is 0 Å². The molecule has 2 fully saturated rings. The number of rotatable bonds is 6. The number of halogens is 2. The Kier molecular flexibility index (Phi) is 5.60. The van der Waals surface area contributed by atoms with Gasteiger partial charge in [-0.25, -0.2) is 8.78 Å². The topological polar surface area (TPSA) is 69.6 Å². The summed E-state index contributed by atoms with van der Waals surface area (Å²) in [5.41, 5.74) is -0.631. The second kappa shape index (κ2) is 8.20. The lowest BCUT2D eigenvalue weighted by atomic mass is 9.82. The Morgan fingerprint density at radius 3 is 2.45 bits per heavy atom. The SMILES string of the molecule is CCC(CC)N1CC(=O)N(Cc2ccc(F)c(F)c2)C2(CN(c3cccnn3)C2)C1=O. The van der Waals surface area contributed by atoms with Crippen LogP contribution in [0, 0.1) is 11.6 Å². The maximum Gasteiger partial charge on any atom is 0.252 e. The van der Waals surface area contributed by atoms with Crippen LogP contribution < -0.4 is 4.90 Å². The van der Waals surface area contributed by atoms with Crippen molar-refractivity contribution in [2.45, 2.75) is 44.8 Å². The van der Waals surface area contributed by atoms with Crippen molar-refractivity contribution in [1.29, 1.82) is 0 Å². The lowest BCUT2D eigenvalue weighted by Crippen LogP contribution is -2.81. The number of benzene rings is 1. The molecular weight excluding hydrogens is 404 g/mol. The van der Waals surface area contributed by atoms with E-state index in [2.05, 4.69) is 10.2 Å². The third-order valence-corrected chi connectivity index (χ3v) is 6.28. The predicted molar refractivity (Wildman–Crippen MR) is 110 cm³/mol. The van der Waals surface area contributed by atoms with Crippen molar-refractivity contribution in [3.05, 3.63) is 53.7 Å². The maximum absolute atomic E-state index is 13.8. The highest BCUT2D eigenvalue weighted by Gasteiger charge is 2.60. The molecule has 1 aromatic heterocycles. The molecule has 1 spiro atoms. The Hall–Kier alpha value is -3.10. The molecule has 0 radical (unpaired) electrons. The van der Waals surface area contributed by atoms with Crippen LogP contribution in [0.25, 0.3) is 0 Å². The molecule has 3 heterocycles. The van der Waals surface area contributed by atoms with Crippen molar-refractivity contribution in [2.24, 2.45) is 0 Å². The highest BCUT2D eigenvalue weighted by Crippen LogP contribution is 2.38. The van der Waals surface area contributed by atoms with E-state index in [1.165, 1.54) is 11.0 Å². The second-order valence-electron chi connectivity index (χ2n) is 8.10. The summed E-state index contributed by atoms with van der Waals surface area (Å²) in [6.45, 7) is 4.57. The van der Waals surface area contributed by atoms with Crippen LogP contribution in [0.3, 0.4) is 0 Å². The third-order valence-electron chi connectivity index (χ3n) is 6.28. The van der Waals surface area contributed by atoms with E-state index in [4.69, 9.17) is 0 Å². The Bertz CT molecular complexity index is 977. The minimum absolute atomic E-state index is 0.0122. The van der Waals surface area contributed by atoms with Crippen LogP contribution in [0.2, 0.25) is 0 Å². The molecule has 31 heavy (non-hydrogen) atoms. The molecule has 4 rings (SSSR count). The largest absolute Gasteiger partial charge is 0.349 e. The van der Waals surface area contributed by atoms with Gasteiger partial charge in [0.2, 0.25) is 5.91 Å². The molecule has 2 aliphatic heterocycles. The minimum atomic E-state index is -1.07. The Morgan fingerprint density at radius 1 is 1.10 bits per heavy atom. The number of carbonyl (C=O) groups excluding carboxylic acids is 2. The van der Waals surface area contributed by atoms with Gasteiger partial charge in [-0.3, -0.25) is 9.59 Å². The second-order valence-corrected chi connectivity index (χ2v) is 8.10. The van der Waals surface area contributed by atoms with Crippen LogP contribution in [0.15, 0.2) is 36.5 Å². The summed E-state index contributed by atoms with van der Waals surface area (Å²) in [6, 6.07) is 7.09. The monoisotopic (exact) mass is 429 g/mol. The molecule has 2 saturated heterocycles. The molecular formula is C22H25F2N5O2. The van der Waals surface area contributed by atoms with Gasteiger partial charge in [-0.1, -0.05) is 19.9 Å². The lowest BCUT2D eigenvalue weighted by molar-refractivity contribution is -0.170. The van der Waals surface area contributed by atoms with Gasteiger partial charge in [0.25, 0.3) is 5.91 Å². The number of amides is 2. The summed E-state index contributed by atoms with van der Waals surface area (Å²) in [4.78, 5) is 32.0. The van der Waals surface area contributed by atoms with Gasteiger partial charge in [-0.2, -0.15) is 5.10 Å². The zero-order valence-electron chi connectivity index (χ0n) is 17.6. The number of nitrogens with zero attached hydrogens (tertiary/aromatic N) is 5. The van der Waals surface area contributed by atoms with Crippen molar-refractivity contribution in [3.8, 4) is 0 Å². The van der Waals surface area contributed by atoms with Crippen LogP contribution in [0.4, 0.5) is 14.6 Å². The smallest absolute Gasteiger partial charge is 0.252 e. The molecule has 9 heteroatoms. The fourth-order valence-electron chi connectivity index (χ4n) is 4.52. The summed E-state index contributed by atoms with van der Waals surface area (Å²) < 4.78 is 27.1. The fourth-order valence-corrected chi connectivity index (χ4v) is 4.52. The van der Waals surface area contributed by atoms with Gasteiger partial charge < -0.3 is 14.7 Å². The van der Waals surface area contributed by atoms with Crippen molar-refractivity contribution in [1.82, 2.24) is 20.0 Å². The molecule has 0 unspecified atom stereocenters. The van der Waals surface area contributed by atoms with Gasteiger partial charge in [0, 0.05) is 18.8 Å². The van der Waals surface area contributed by atoms with E-state index < -0.39 is 17.2 Å². The zero-order chi connectivity index (χ0) is 22.2. The van der Waals surface area contributed by atoms with E-state index in [9.17, 15) is 18.4 Å². The summed E-state index contributed by atoms with van der Waals surface area (Å²) in [7, 11) is 0. The first-order chi connectivity index (χ1) is 14.9. The first-order valence-corrected chi connectivity index (χ1v) is 10.5. The van der Waals surface area contributed by atoms with E-state index in [1.807, 2.05) is 18.7 Å². The molecule has 0 atom stereocenters. The van der Waals surface area contributed by atoms with Gasteiger partial charge in [0.15, 0.2) is 23.0 Å².